The summed E-state index contributed by atoms with van der Waals surface area (Å²) in [6, 6.07) is 4.73. The molecule has 1 saturated heterocycles. The summed E-state index contributed by atoms with van der Waals surface area (Å²) in [7, 11) is 0. The van der Waals surface area contributed by atoms with Crippen LogP contribution in [0, 0.1) is 12.7 Å². The molecule has 0 N–H and O–H groups in total. The number of aromatic nitrogens is 2. The number of carbonyl (C=O) groups is 2. The number of nitrogens with zero attached hydrogens (tertiary/aromatic N) is 4. The van der Waals surface area contributed by atoms with Gasteiger partial charge >= 0.3 is 0 Å². The van der Waals surface area contributed by atoms with E-state index in [1.165, 1.54) is 6.07 Å². The van der Waals surface area contributed by atoms with E-state index in [0.717, 1.165) is 0 Å². The standard InChI is InChI=1S/C20H25FN4O3/c1-5-24-10-11-25(20(3,4)19(24)27)17(26)9-8-16-22-18(23-28-16)14-7-6-13(2)15(21)12-14/h6-7,12H,5,8-11H2,1-4H3. The van der Waals surface area contributed by atoms with Crippen molar-refractivity contribution in [3.63, 3.8) is 0 Å². The van der Waals surface area contributed by atoms with Crippen LogP contribution in [0.15, 0.2) is 22.7 Å². The lowest BCUT2D eigenvalue weighted by Gasteiger charge is -2.45. The van der Waals surface area contributed by atoms with Crippen LogP contribution in [0.1, 0.15) is 38.6 Å². The van der Waals surface area contributed by atoms with E-state index in [9.17, 15) is 14.0 Å². The maximum atomic E-state index is 13.7. The first kappa shape index (κ1) is 20.0. The topological polar surface area (TPSA) is 79.5 Å². The molecule has 28 heavy (non-hydrogen) atoms. The molecule has 0 spiro atoms. The molecule has 150 valence electrons. The number of piperazine rings is 1. The lowest BCUT2D eigenvalue weighted by atomic mass is 9.96. The SMILES string of the molecule is CCN1CCN(C(=O)CCc2nc(-c3ccc(C)c(F)c3)no2)C(C)(C)C1=O. The van der Waals surface area contributed by atoms with Crippen molar-refractivity contribution in [2.45, 2.75) is 46.1 Å². The van der Waals surface area contributed by atoms with Gasteiger partial charge in [-0.15, -0.1) is 0 Å². The molecule has 0 radical (unpaired) electrons. The van der Waals surface area contributed by atoms with Gasteiger partial charge < -0.3 is 14.3 Å². The van der Waals surface area contributed by atoms with Crippen LogP contribution < -0.4 is 0 Å². The van der Waals surface area contributed by atoms with Crippen LogP contribution in [0.5, 0.6) is 0 Å². The number of aryl methyl sites for hydroxylation is 2. The minimum Gasteiger partial charge on any atom is -0.339 e. The third-order valence-corrected chi connectivity index (χ3v) is 5.21. The number of amides is 2. The highest BCUT2D eigenvalue weighted by atomic mass is 19.1. The van der Waals surface area contributed by atoms with Gasteiger partial charge in [0, 0.05) is 38.0 Å². The molecular weight excluding hydrogens is 363 g/mol. The van der Waals surface area contributed by atoms with Crippen LogP contribution in [0.2, 0.25) is 0 Å². The highest BCUT2D eigenvalue weighted by Crippen LogP contribution is 2.24. The maximum absolute atomic E-state index is 13.7. The summed E-state index contributed by atoms with van der Waals surface area (Å²) in [6.07, 6.45) is 0.422. The van der Waals surface area contributed by atoms with E-state index in [1.54, 1.807) is 42.7 Å². The predicted octanol–water partition coefficient (Wildman–Crippen LogP) is 2.59. The Morgan fingerprint density at radius 2 is 2.07 bits per heavy atom. The lowest BCUT2D eigenvalue weighted by Crippen LogP contribution is -2.64. The molecule has 1 aliphatic heterocycles. The molecule has 1 aromatic heterocycles. The Kier molecular flexibility index (Phi) is 5.49. The monoisotopic (exact) mass is 388 g/mol. The fraction of sp³-hybridized carbons (Fsp3) is 0.500. The molecule has 1 aliphatic rings. The zero-order chi connectivity index (χ0) is 20.5. The summed E-state index contributed by atoms with van der Waals surface area (Å²) in [6.45, 7) is 8.82. The highest BCUT2D eigenvalue weighted by molar-refractivity contribution is 5.92. The normalized spacial score (nSPS) is 16.5. The molecule has 2 aromatic rings. The molecule has 7 nitrogen and oxygen atoms in total. The first-order chi connectivity index (χ1) is 13.2. The van der Waals surface area contributed by atoms with Crippen LogP contribution in [0.4, 0.5) is 4.39 Å². The summed E-state index contributed by atoms with van der Waals surface area (Å²) in [4.78, 5) is 32.9. The Hall–Kier alpha value is -2.77. The van der Waals surface area contributed by atoms with E-state index in [1.807, 2.05) is 6.92 Å². The Labute approximate surface area is 163 Å². The zero-order valence-corrected chi connectivity index (χ0v) is 16.7. The first-order valence-electron chi connectivity index (χ1n) is 9.43. The van der Waals surface area contributed by atoms with Gasteiger partial charge in [0.2, 0.25) is 23.5 Å². The third kappa shape index (κ3) is 3.76. The number of carbonyl (C=O) groups excluding carboxylic acids is 2. The van der Waals surface area contributed by atoms with Crippen LogP contribution in [-0.4, -0.2) is 56.9 Å². The lowest BCUT2D eigenvalue weighted by molar-refractivity contribution is -0.158. The second-order valence-electron chi connectivity index (χ2n) is 7.46. The van der Waals surface area contributed by atoms with Gasteiger partial charge in [0.15, 0.2) is 0 Å². The van der Waals surface area contributed by atoms with E-state index in [2.05, 4.69) is 10.1 Å². The van der Waals surface area contributed by atoms with Gasteiger partial charge in [-0.2, -0.15) is 4.98 Å². The van der Waals surface area contributed by atoms with Gasteiger partial charge in [0.1, 0.15) is 11.4 Å². The fourth-order valence-electron chi connectivity index (χ4n) is 3.40. The van der Waals surface area contributed by atoms with Crippen LogP contribution in [-0.2, 0) is 16.0 Å². The fourth-order valence-corrected chi connectivity index (χ4v) is 3.40. The molecule has 2 heterocycles. The Morgan fingerprint density at radius 1 is 1.32 bits per heavy atom. The van der Waals surface area contributed by atoms with Crippen molar-refractivity contribution in [2.75, 3.05) is 19.6 Å². The van der Waals surface area contributed by atoms with Crippen molar-refractivity contribution in [3.05, 3.63) is 35.5 Å². The van der Waals surface area contributed by atoms with Crippen LogP contribution >= 0.6 is 0 Å². The van der Waals surface area contributed by atoms with Gasteiger partial charge in [-0.1, -0.05) is 17.3 Å². The summed E-state index contributed by atoms with van der Waals surface area (Å²) in [5, 5.41) is 3.87. The van der Waals surface area contributed by atoms with Crippen molar-refractivity contribution in [3.8, 4) is 11.4 Å². The molecule has 0 atom stereocenters. The molecule has 0 aliphatic carbocycles. The van der Waals surface area contributed by atoms with Crippen molar-refractivity contribution < 1.29 is 18.5 Å². The number of benzene rings is 1. The van der Waals surface area contributed by atoms with Gasteiger partial charge in [0.25, 0.3) is 0 Å². The number of hydrogen-bond donors (Lipinski definition) is 0. The second-order valence-corrected chi connectivity index (χ2v) is 7.46. The Bertz CT molecular complexity index is 893. The highest BCUT2D eigenvalue weighted by Gasteiger charge is 2.43. The Morgan fingerprint density at radius 3 is 2.75 bits per heavy atom. The van der Waals surface area contributed by atoms with Gasteiger partial charge in [0.05, 0.1) is 0 Å². The largest absolute Gasteiger partial charge is 0.339 e. The molecule has 0 unspecified atom stereocenters. The molecule has 8 heteroatoms. The van der Waals surface area contributed by atoms with E-state index < -0.39 is 5.54 Å². The van der Waals surface area contributed by atoms with E-state index in [4.69, 9.17) is 4.52 Å². The molecular formula is C20H25FN4O3. The summed E-state index contributed by atoms with van der Waals surface area (Å²) < 4.78 is 18.9. The van der Waals surface area contributed by atoms with E-state index in [-0.39, 0.29) is 36.3 Å². The first-order valence-corrected chi connectivity index (χ1v) is 9.43. The smallest absolute Gasteiger partial charge is 0.248 e. The van der Waals surface area contributed by atoms with Crippen molar-refractivity contribution in [1.29, 1.82) is 0 Å². The maximum Gasteiger partial charge on any atom is 0.248 e. The van der Waals surface area contributed by atoms with Gasteiger partial charge in [-0.3, -0.25) is 9.59 Å². The van der Waals surface area contributed by atoms with Gasteiger partial charge in [-0.05, 0) is 39.3 Å². The average molecular weight is 388 g/mol. The second kappa shape index (κ2) is 7.69. The quantitative estimate of drug-likeness (QED) is 0.787. The number of hydrogen-bond acceptors (Lipinski definition) is 5. The molecule has 0 saturated carbocycles. The summed E-state index contributed by atoms with van der Waals surface area (Å²) >= 11 is 0. The Balaban J connectivity index is 1.64. The molecule has 0 bridgehead atoms. The van der Waals surface area contributed by atoms with E-state index >= 15 is 0 Å². The third-order valence-electron chi connectivity index (χ3n) is 5.21. The zero-order valence-electron chi connectivity index (χ0n) is 16.7. The molecule has 3 rings (SSSR count). The number of likely N-dealkylation sites (N-methyl/N-ethyl adjacent to an activating group) is 1. The minimum absolute atomic E-state index is 0.0453. The van der Waals surface area contributed by atoms with Crippen LogP contribution in [0.3, 0.4) is 0 Å². The van der Waals surface area contributed by atoms with Crippen LogP contribution in [0.25, 0.3) is 11.4 Å². The van der Waals surface area contributed by atoms with E-state index in [0.29, 0.717) is 36.7 Å². The molecule has 1 fully saturated rings. The molecule has 1 aromatic carbocycles. The number of halogens is 1. The van der Waals surface area contributed by atoms with Gasteiger partial charge in [-0.25, -0.2) is 4.39 Å². The summed E-state index contributed by atoms with van der Waals surface area (Å²) in [5.74, 6) is 0.0810. The number of rotatable bonds is 5. The van der Waals surface area contributed by atoms with Crippen molar-refractivity contribution in [1.82, 2.24) is 19.9 Å². The molecule has 2 amide bonds. The van der Waals surface area contributed by atoms with Crippen molar-refractivity contribution >= 4 is 11.8 Å². The predicted molar refractivity (Wildman–Crippen MR) is 101 cm³/mol. The van der Waals surface area contributed by atoms with Crippen molar-refractivity contribution in [2.24, 2.45) is 0 Å². The summed E-state index contributed by atoms with van der Waals surface area (Å²) in [5.41, 5.74) is 0.190. The average Bonchev–Trinajstić information content (AvgIpc) is 3.13. The minimum atomic E-state index is -0.870.